The number of hydrogen-bond donors (Lipinski definition) is 2. The average molecular weight is 210 g/mol. The summed E-state index contributed by atoms with van der Waals surface area (Å²) >= 11 is 0. The molecule has 0 aliphatic rings. The van der Waals surface area contributed by atoms with Gasteiger partial charge < -0.3 is 14.9 Å². The molecule has 1 aromatic carbocycles. The second-order valence-electron chi connectivity index (χ2n) is 4.35. The highest BCUT2D eigenvalue weighted by Gasteiger charge is 2.25. The molecule has 0 spiro atoms. The van der Waals surface area contributed by atoms with Crippen molar-refractivity contribution in [2.24, 2.45) is 0 Å². The molecule has 1 rings (SSSR count). The molecule has 1 aromatic rings. The molecule has 0 unspecified atom stereocenters. The number of phenols is 1. The van der Waals surface area contributed by atoms with Crippen molar-refractivity contribution in [3.63, 3.8) is 0 Å². The zero-order chi connectivity index (χ0) is 11.6. The number of aliphatic hydroxyl groups excluding tert-OH is 1. The maximum Gasteiger partial charge on any atom is 0.163 e. The van der Waals surface area contributed by atoms with Crippen LogP contribution in [0.15, 0.2) is 12.1 Å². The van der Waals surface area contributed by atoms with Crippen molar-refractivity contribution in [3.8, 4) is 11.5 Å². The maximum absolute atomic E-state index is 10.0. The fourth-order valence-corrected chi connectivity index (χ4v) is 1.56. The first kappa shape index (κ1) is 11.9. The number of aliphatic hydroxyl groups is 1. The number of aryl methyl sites for hydroxylation is 1. The largest absolute Gasteiger partial charge is 0.504 e. The first-order valence-corrected chi connectivity index (χ1v) is 4.92. The monoisotopic (exact) mass is 210 g/mol. The van der Waals surface area contributed by atoms with Crippen molar-refractivity contribution < 1.29 is 14.9 Å². The molecule has 2 N–H and O–H groups in total. The molecule has 0 bridgehead atoms. The molecule has 0 aliphatic heterocycles. The van der Waals surface area contributed by atoms with E-state index < -0.39 is 5.41 Å². The third kappa shape index (κ3) is 2.07. The normalized spacial score (nSPS) is 11.5. The molecule has 15 heavy (non-hydrogen) atoms. The zero-order valence-corrected chi connectivity index (χ0v) is 9.66. The Labute approximate surface area is 90.3 Å². The minimum atomic E-state index is -0.467. The molecule has 0 saturated carbocycles. The minimum Gasteiger partial charge on any atom is -0.504 e. The first-order valence-electron chi connectivity index (χ1n) is 4.92. The van der Waals surface area contributed by atoms with Crippen LogP contribution in [0.1, 0.15) is 25.0 Å². The summed E-state index contributed by atoms with van der Waals surface area (Å²) in [6.07, 6.45) is 0. The van der Waals surface area contributed by atoms with Gasteiger partial charge in [0.2, 0.25) is 0 Å². The van der Waals surface area contributed by atoms with E-state index in [4.69, 9.17) is 4.74 Å². The first-order chi connectivity index (χ1) is 6.94. The molecule has 3 heteroatoms. The summed E-state index contributed by atoms with van der Waals surface area (Å²) in [5.41, 5.74) is 1.12. The van der Waals surface area contributed by atoms with Gasteiger partial charge in [-0.3, -0.25) is 0 Å². The van der Waals surface area contributed by atoms with Crippen LogP contribution in [0.4, 0.5) is 0 Å². The van der Waals surface area contributed by atoms with Crippen molar-refractivity contribution in [1.82, 2.24) is 0 Å². The number of methoxy groups -OCH3 is 1. The highest BCUT2D eigenvalue weighted by Crippen LogP contribution is 2.39. The summed E-state index contributed by atoms with van der Waals surface area (Å²) in [6, 6.07) is 3.70. The van der Waals surface area contributed by atoms with Gasteiger partial charge >= 0.3 is 0 Å². The Balaban J connectivity index is 3.34. The summed E-state index contributed by atoms with van der Waals surface area (Å²) in [6.45, 7) is 5.59. The number of phenolic OH excluding ortho intramolecular Hbond substituents is 1. The number of benzene rings is 1. The standard InChI is InChI=1S/C12H18O3/c1-8-5-6-9(12(2,3)7-13)10(14)11(8)15-4/h5-6,13-14H,7H2,1-4H3. The van der Waals surface area contributed by atoms with Crippen LogP contribution in [-0.2, 0) is 5.41 Å². The molecular weight excluding hydrogens is 192 g/mol. The van der Waals surface area contributed by atoms with Crippen LogP contribution in [0.25, 0.3) is 0 Å². The maximum atomic E-state index is 10.0. The lowest BCUT2D eigenvalue weighted by atomic mass is 9.84. The molecule has 0 atom stereocenters. The highest BCUT2D eigenvalue weighted by molar-refractivity contribution is 5.53. The predicted molar refractivity (Wildman–Crippen MR) is 59.5 cm³/mol. The van der Waals surface area contributed by atoms with Gasteiger partial charge in [0.05, 0.1) is 13.7 Å². The average Bonchev–Trinajstić information content (AvgIpc) is 2.18. The van der Waals surface area contributed by atoms with Crippen molar-refractivity contribution in [1.29, 1.82) is 0 Å². The van der Waals surface area contributed by atoms with Crippen molar-refractivity contribution >= 4 is 0 Å². The van der Waals surface area contributed by atoms with Crippen LogP contribution in [0, 0.1) is 6.92 Å². The van der Waals surface area contributed by atoms with Gasteiger partial charge in [-0.2, -0.15) is 0 Å². The van der Waals surface area contributed by atoms with E-state index in [2.05, 4.69) is 0 Å². The van der Waals surface area contributed by atoms with Crippen LogP contribution >= 0.6 is 0 Å². The van der Waals surface area contributed by atoms with E-state index in [1.807, 2.05) is 32.9 Å². The number of ether oxygens (including phenoxy) is 1. The lowest BCUT2D eigenvalue weighted by Gasteiger charge is -2.24. The fraction of sp³-hybridized carbons (Fsp3) is 0.500. The SMILES string of the molecule is COc1c(C)ccc(C(C)(C)CO)c1O. The third-order valence-corrected chi connectivity index (χ3v) is 2.66. The third-order valence-electron chi connectivity index (χ3n) is 2.66. The van der Waals surface area contributed by atoms with Gasteiger partial charge in [0.25, 0.3) is 0 Å². The molecule has 84 valence electrons. The number of aromatic hydroxyl groups is 1. The van der Waals surface area contributed by atoms with Crippen LogP contribution < -0.4 is 4.74 Å². The highest BCUT2D eigenvalue weighted by atomic mass is 16.5. The number of rotatable bonds is 3. The summed E-state index contributed by atoms with van der Waals surface area (Å²) < 4.78 is 5.12. The molecule has 0 fully saturated rings. The van der Waals surface area contributed by atoms with Crippen molar-refractivity contribution in [2.45, 2.75) is 26.2 Å². The van der Waals surface area contributed by atoms with Crippen LogP contribution in [-0.4, -0.2) is 23.9 Å². The molecule has 0 aromatic heterocycles. The van der Waals surface area contributed by atoms with E-state index in [1.165, 1.54) is 7.11 Å². The Kier molecular flexibility index (Phi) is 3.25. The molecule has 0 heterocycles. The van der Waals surface area contributed by atoms with E-state index in [-0.39, 0.29) is 12.4 Å². The van der Waals surface area contributed by atoms with E-state index in [0.717, 1.165) is 5.56 Å². The van der Waals surface area contributed by atoms with Crippen LogP contribution in [0.3, 0.4) is 0 Å². The molecular formula is C12H18O3. The van der Waals surface area contributed by atoms with Crippen molar-refractivity contribution in [2.75, 3.05) is 13.7 Å². The second kappa shape index (κ2) is 4.11. The summed E-state index contributed by atoms with van der Waals surface area (Å²) in [5, 5.41) is 19.3. The van der Waals surface area contributed by atoms with Gasteiger partial charge in [-0.05, 0) is 12.5 Å². The quantitative estimate of drug-likeness (QED) is 0.802. The second-order valence-corrected chi connectivity index (χ2v) is 4.35. The summed E-state index contributed by atoms with van der Waals surface area (Å²) in [5.74, 6) is 0.602. The van der Waals surface area contributed by atoms with Crippen LogP contribution in [0.2, 0.25) is 0 Å². The zero-order valence-electron chi connectivity index (χ0n) is 9.66. The smallest absolute Gasteiger partial charge is 0.163 e. The molecule has 0 amide bonds. The topological polar surface area (TPSA) is 49.7 Å². The summed E-state index contributed by atoms with van der Waals surface area (Å²) in [4.78, 5) is 0. The van der Waals surface area contributed by atoms with E-state index in [1.54, 1.807) is 0 Å². The molecule has 3 nitrogen and oxygen atoms in total. The Morgan fingerprint density at radius 1 is 1.33 bits per heavy atom. The van der Waals surface area contributed by atoms with Gasteiger partial charge in [-0.25, -0.2) is 0 Å². The van der Waals surface area contributed by atoms with Gasteiger partial charge in [0, 0.05) is 11.0 Å². The molecule has 0 aliphatic carbocycles. The lowest BCUT2D eigenvalue weighted by Crippen LogP contribution is -2.22. The lowest BCUT2D eigenvalue weighted by molar-refractivity contribution is 0.214. The number of hydrogen-bond acceptors (Lipinski definition) is 3. The Bertz CT molecular complexity index is 356. The van der Waals surface area contributed by atoms with Gasteiger partial charge in [-0.15, -0.1) is 0 Å². The molecule has 0 radical (unpaired) electrons. The molecule has 0 saturated heterocycles. The van der Waals surface area contributed by atoms with E-state index in [0.29, 0.717) is 11.3 Å². The van der Waals surface area contributed by atoms with Crippen molar-refractivity contribution in [3.05, 3.63) is 23.3 Å². The minimum absolute atomic E-state index is 0.0211. The van der Waals surface area contributed by atoms with Gasteiger partial charge in [0.1, 0.15) is 0 Å². The fourth-order valence-electron chi connectivity index (χ4n) is 1.56. The van der Waals surface area contributed by atoms with Gasteiger partial charge in [0.15, 0.2) is 11.5 Å². The Hall–Kier alpha value is -1.22. The van der Waals surface area contributed by atoms with E-state index in [9.17, 15) is 10.2 Å². The van der Waals surface area contributed by atoms with Crippen LogP contribution in [0.5, 0.6) is 11.5 Å². The van der Waals surface area contributed by atoms with Gasteiger partial charge in [-0.1, -0.05) is 26.0 Å². The summed E-state index contributed by atoms with van der Waals surface area (Å²) in [7, 11) is 1.53. The Morgan fingerprint density at radius 3 is 2.40 bits per heavy atom. The Morgan fingerprint density at radius 2 is 1.93 bits per heavy atom. The predicted octanol–water partition coefficient (Wildman–Crippen LogP) is 1.98. The van der Waals surface area contributed by atoms with E-state index >= 15 is 0 Å².